The van der Waals surface area contributed by atoms with Gasteiger partial charge in [0, 0.05) is 36.3 Å². The molecule has 0 spiro atoms. The lowest BCUT2D eigenvalue weighted by molar-refractivity contribution is -0.147. The molecule has 2 aromatic carbocycles. The summed E-state index contributed by atoms with van der Waals surface area (Å²) in [7, 11) is 0. The molecular weight excluding hydrogens is 420 g/mol. The van der Waals surface area contributed by atoms with Crippen molar-refractivity contribution >= 4 is 5.97 Å². The monoisotopic (exact) mass is 448 g/mol. The van der Waals surface area contributed by atoms with Crippen molar-refractivity contribution in [2.24, 2.45) is 5.92 Å². The summed E-state index contributed by atoms with van der Waals surface area (Å²) in [6.07, 6.45) is 1.77. The van der Waals surface area contributed by atoms with Gasteiger partial charge in [-0.15, -0.1) is 0 Å². The molecule has 3 aromatic rings. The Kier molecular flexibility index (Phi) is 5.81. The highest BCUT2D eigenvalue weighted by atomic mass is 16.5. The Bertz CT molecular complexity index is 1180. The number of ether oxygens (including phenoxy) is 2. The number of fused-ring (bicyclic) bond motifs is 3. The lowest BCUT2D eigenvalue weighted by Gasteiger charge is -2.36. The second-order valence-corrected chi connectivity index (χ2v) is 8.59. The largest absolute Gasteiger partial charge is 0.490 e. The van der Waals surface area contributed by atoms with Crippen LogP contribution in [0, 0.1) is 5.92 Å². The molecule has 0 bridgehead atoms. The minimum absolute atomic E-state index is 0.232. The van der Waals surface area contributed by atoms with E-state index in [2.05, 4.69) is 28.3 Å². The number of aromatic nitrogens is 1. The van der Waals surface area contributed by atoms with Crippen LogP contribution >= 0.6 is 0 Å². The van der Waals surface area contributed by atoms with E-state index in [1.165, 1.54) is 11.1 Å². The number of aliphatic carboxylic acids is 1. The van der Waals surface area contributed by atoms with Crippen LogP contribution in [0.3, 0.4) is 0 Å². The van der Waals surface area contributed by atoms with Crippen molar-refractivity contribution in [1.82, 2.24) is 10.1 Å². The molecule has 2 aliphatic rings. The molecule has 0 amide bonds. The van der Waals surface area contributed by atoms with Gasteiger partial charge >= 0.3 is 5.97 Å². The van der Waals surface area contributed by atoms with Crippen molar-refractivity contribution in [2.75, 3.05) is 26.3 Å². The fourth-order valence-electron chi connectivity index (χ4n) is 4.73. The molecule has 1 aromatic heterocycles. The number of hydrogen-bond acceptors (Lipinski definition) is 6. The number of likely N-dealkylation sites (tertiary alicyclic amines) is 1. The van der Waals surface area contributed by atoms with Crippen LogP contribution < -0.4 is 9.47 Å². The minimum Gasteiger partial charge on any atom is -0.490 e. The molecule has 5 rings (SSSR count). The second kappa shape index (κ2) is 8.90. The number of rotatable bonds is 8. The summed E-state index contributed by atoms with van der Waals surface area (Å²) >= 11 is 0. The summed E-state index contributed by atoms with van der Waals surface area (Å²) in [4.78, 5) is 13.2. The Balaban J connectivity index is 1.39. The van der Waals surface area contributed by atoms with Crippen LogP contribution in [0.5, 0.6) is 11.5 Å². The second-order valence-electron chi connectivity index (χ2n) is 8.59. The maximum atomic E-state index is 11.0. The molecule has 1 aliphatic carbocycles. The molecule has 0 atom stereocenters. The Morgan fingerprint density at radius 2 is 1.88 bits per heavy atom. The third kappa shape index (κ3) is 4.09. The first-order valence-corrected chi connectivity index (χ1v) is 11.5. The van der Waals surface area contributed by atoms with Gasteiger partial charge in [-0.1, -0.05) is 23.4 Å². The fraction of sp³-hybridized carbons (Fsp3) is 0.385. The van der Waals surface area contributed by atoms with E-state index in [0.29, 0.717) is 32.1 Å². The maximum absolute atomic E-state index is 11.0. The van der Waals surface area contributed by atoms with Gasteiger partial charge in [0.15, 0.2) is 17.3 Å². The van der Waals surface area contributed by atoms with Gasteiger partial charge in [0.1, 0.15) is 5.69 Å². The zero-order chi connectivity index (χ0) is 22.9. The number of carbonyl (C=O) groups is 1. The Labute approximate surface area is 192 Å². The molecule has 1 saturated heterocycles. The number of hydrogen-bond donors (Lipinski definition) is 1. The van der Waals surface area contributed by atoms with Crippen LogP contribution in [0.1, 0.15) is 30.5 Å². The van der Waals surface area contributed by atoms with E-state index < -0.39 is 5.97 Å². The Morgan fingerprint density at radius 3 is 2.64 bits per heavy atom. The van der Waals surface area contributed by atoms with E-state index >= 15 is 0 Å². The molecule has 0 unspecified atom stereocenters. The summed E-state index contributed by atoms with van der Waals surface area (Å²) < 4.78 is 17.3. The maximum Gasteiger partial charge on any atom is 0.309 e. The van der Waals surface area contributed by atoms with Crippen LogP contribution in [-0.2, 0) is 24.2 Å². The van der Waals surface area contributed by atoms with E-state index in [1.54, 1.807) is 0 Å². The molecular formula is C26H28N2O5. The summed E-state index contributed by atoms with van der Waals surface area (Å²) in [5.41, 5.74) is 6.53. The predicted octanol–water partition coefficient (Wildman–Crippen LogP) is 4.42. The van der Waals surface area contributed by atoms with Crippen LogP contribution in [0.4, 0.5) is 0 Å². The number of nitrogens with zero attached hydrogens (tertiary/aromatic N) is 2. The van der Waals surface area contributed by atoms with Crippen molar-refractivity contribution in [3.63, 3.8) is 0 Å². The lowest BCUT2D eigenvalue weighted by Crippen LogP contribution is -2.49. The zero-order valence-corrected chi connectivity index (χ0v) is 19.0. The number of benzene rings is 2. The number of aryl methyl sites for hydroxylation is 1. The molecule has 33 heavy (non-hydrogen) atoms. The average Bonchev–Trinajstić information content (AvgIpc) is 3.21. The van der Waals surface area contributed by atoms with E-state index in [-0.39, 0.29) is 5.92 Å². The van der Waals surface area contributed by atoms with Crippen molar-refractivity contribution in [3.8, 4) is 34.1 Å². The first kappa shape index (κ1) is 21.5. The average molecular weight is 449 g/mol. The van der Waals surface area contributed by atoms with Gasteiger partial charge in [0.2, 0.25) is 0 Å². The quantitative estimate of drug-likeness (QED) is 0.546. The van der Waals surface area contributed by atoms with E-state index in [1.807, 2.05) is 32.0 Å². The molecule has 172 valence electrons. The highest BCUT2D eigenvalue weighted by Gasteiger charge is 2.32. The summed E-state index contributed by atoms with van der Waals surface area (Å²) in [5, 5.41) is 13.5. The Morgan fingerprint density at radius 1 is 1.09 bits per heavy atom. The smallest absolute Gasteiger partial charge is 0.309 e. The van der Waals surface area contributed by atoms with Crippen molar-refractivity contribution < 1.29 is 23.9 Å². The minimum atomic E-state index is -0.702. The highest BCUT2D eigenvalue weighted by molar-refractivity contribution is 5.77. The van der Waals surface area contributed by atoms with Gasteiger partial charge in [0.25, 0.3) is 0 Å². The summed E-state index contributed by atoms with van der Waals surface area (Å²) in [6, 6.07) is 12.3. The van der Waals surface area contributed by atoms with E-state index in [0.717, 1.165) is 53.3 Å². The van der Waals surface area contributed by atoms with Gasteiger partial charge in [-0.25, -0.2) is 0 Å². The first-order valence-electron chi connectivity index (χ1n) is 11.5. The van der Waals surface area contributed by atoms with E-state index in [9.17, 15) is 4.79 Å². The zero-order valence-electron chi connectivity index (χ0n) is 19.0. The molecule has 0 radical (unpaired) electrons. The summed E-state index contributed by atoms with van der Waals surface area (Å²) in [5.74, 6) is 1.28. The molecule has 7 heteroatoms. The van der Waals surface area contributed by atoms with Gasteiger partial charge in [-0.3, -0.25) is 9.69 Å². The molecule has 1 fully saturated rings. The van der Waals surface area contributed by atoms with Crippen LogP contribution in [0.15, 0.2) is 40.9 Å². The van der Waals surface area contributed by atoms with Crippen molar-refractivity contribution in [3.05, 3.63) is 53.1 Å². The molecule has 0 saturated carbocycles. The standard InChI is InChI=1S/C26H28N2O5/c1-3-31-22-10-7-18(12-23(22)32-4-2)25-21-9-6-17-11-16(5-8-20(17)24(21)27-33-25)13-28-14-19(15-28)26(29)30/h5,7-8,10-12,19H,3-4,6,9,13-15H2,1-2H3,(H,29,30). The highest BCUT2D eigenvalue weighted by Crippen LogP contribution is 2.41. The van der Waals surface area contributed by atoms with E-state index in [4.69, 9.17) is 19.1 Å². The van der Waals surface area contributed by atoms with Crippen LogP contribution in [0.2, 0.25) is 0 Å². The predicted molar refractivity (Wildman–Crippen MR) is 124 cm³/mol. The third-order valence-corrected chi connectivity index (χ3v) is 6.38. The first-order chi connectivity index (χ1) is 16.1. The SMILES string of the molecule is CCOc1ccc(-c2onc3c2CCc2cc(CN4CC(C(=O)O)C4)ccc2-3)cc1OCC. The Hall–Kier alpha value is -3.32. The van der Waals surface area contributed by atoms with Crippen LogP contribution in [-0.4, -0.2) is 47.4 Å². The molecule has 1 N–H and O–H groups in total. The molecule has 7 nitrogen and oxygen atoms in total. The normalized spacial score (nSPS) is 15.5. The fourth-order valence-corrected chi connectivity index (χ4v) is 4.73. The summed E-state index contributed by atoms with van der Waals surface area (Å²) in [6.45, 7) is 7.06. The lowest BCUT2D eigenvalue weighted by atomic mass is 9.87. The van der Waals surface area contributed by atoms with Crippen molar-refractivity contribution in [1.29, 1.82) is 0 Å². The third-order valence-electron chi connectivity index (χ3n) is 6.38. The van der Waals surface area contributed by atoms with Crippen LogP contribution in [0.25, 0.3) is 22.6 Å². The van der Waals surface area contributed by atoms with Gasteiger partial charge in [0.05, 0.1) is 19.1 Å². The van der Waals surface area contributed by atoms with Crippen molar-refractivity contribution in [2.45, 2.75) is 33.2 Å². The molecule has 1 aliphatic heterocycles. The van der Waals surface area contributed by atoms with Gasteiger partial charge < -0.3 is 19.1 Å². The molecule has 2 heterocycles. The topological polar surface area (TPSA) is 85.0 Å². The van der Waals surface area contributed by atoms with Gasteiger partial charge in [-0.05, 0) is 56.0 Å². The number of carboxylic acids is 1. The number of carboxylic acid groups (broad SMARTS) is 1. The van der Waals surface area contributed by atoms with Gasteiger partial charge in [-0.2, -0.15) is 0 Å².